The Bertz CT molecular complexity index is 479. The fraction of sp³-hybridized carbons (Fsp3) is 0.733. The van der Waals surface area contributed by atoms with Gasteiger partial charge < -0.3 is 10.0 Å². The number of aromatic nitrogens is 1. The Morgan fingerprint density at radius 1 is 1.33 bits per heavy atom. The van der Waals surface area contributed by atoms with Crippen LogP contribution in [0.3, 0.4) is 0 Å². The van der Waals surface area contributed by atoms with Crippen LogP contribution in [0.15, 0.2) is 0 Å². The topological polar surface area (TPSA) is 56.7 Å². The number of nitrogens with zero attached hydrogens (tertiary/aromatic N) is 3. The van der Waals surface area contributed by atoms with Gasteiger partial charge in [-0.1, -0.05) is 38.5 Å². The maximum absolute atomic E-state index is 11.3. The Hall–Kier alpha value is -1.14. The molecule has 0 radical (unpaired) electrons. The van der Waals surface area contributed by atoms with Gasteiger partial charge in [-0.15, -0.1) is 0 Å². The summed E-state index contributed by atoms with van der Waals surface area (Å²) in [7, 11) is 0. The Kier molecular flexibility index (Phi) is 5.58. The van der Waals surface area contributed by atoms with Crippen molar-refractivity contribution in [1.29, 1.82) is 0 Å². The second kappa shape index (κ2) is 7.22. The van der Waals surface area contributed by atoms with E-state index in [2.05, 4.69) is 35.6 Å². The van der Waals surface area contributed by atoms with Crippen LogP contribution in [0.1, 0.15) is 42.6 Å². The van der Waals surface area contributed by atoms with Crippen molar-refractivity contribution in [2.45, 2.75) is 33.6 Å². The van der Waals surface area contributed by atoms with Gasteiger partial charge in [-0.05, 0) is 12.3 Å². The fourth-order valence-electron chi connectivity index (χ4n) is 2.69. The molecule has 2 rings (SSSR count). The molecule has 1 aromatic heterocycles. The van der Waals surface area contributed by atoms with Crippen molar-refractivity contribution < 1.29 is 9.90 Å². The first-order valence-electron chi connectivity index (χ1n) is 7.71. The fourth-order valence-corrected chi connectivity index (χ4v) is 3.69. The third kappa shape index (κ3) is 4.17. The van der Waals surface area contributed by atoms with Gasteiger partial charge in [0.05, 0.1) is 5.69 Å². The van der Waals surface area contributed by atoms with Gasteiger partial charge in [-0.25, -0.2) is 9.78 Å². The first kappa shape index (κ1) is 16.2. The molecule has 0 atom stereocenters. The molecule has 0 unspecified atom stereocenters. The summed E-state index contributed by atoms with van der Waals surface area (Å²) in [5, 5.41) is 10.2. The molecule has 0 bridgehead atoms. The number of carboxylic acids is 1. The molecule has 118 valence electrons. The number of anilines is 1. The minimum Gasteiger partial charge on any atom is -0.477 e. The average Bonchev–Trinajstić information content (AvgIpc) is 2.83. The van der Waals surface area contributed by atoms with E-state index in [0.717, 1.165) is 56.4 Å². The normalized spacial score (nSPS) is 16.7. The van der Waals surface area contributed by atoms with E-state index in [1.54, 1.807) is 0 Å². The highest BCUT2D eigenvalue weighted by Gasteiger charge is 2.23. The van der Waals surface area contributed by atoms with Gasteiger partial charge in [0.2, 0.25) is 0 Å². The molecule has 1 saturated heterocycles. The molecule has 1 N–H and O–H groups in total. The zero-order valence-corrected chi connectivity index (χ0v) is 13.9. The summed E-state index contributed by atoms with van der Waals surface area (Å²) >= 11 is 1.33. The number of piperazine rings is 1. The van der Waals surface area contributed by atoms with E-state index in [-0.39, 0.29) is 0 Å². The van der Waals surface area contributed by atoms with E-state index in [0.29, 0.717) is 10.8 Å². The van der Waals surface area contributed by atoms with Gasteiger partial charge in [0, 0.05) is 32.7 Å². The summed E-state index contributed by atoms with van der Waals surface area (Å²) in [4.78, 5) is 21.0. The molecule has 1 aromatic rings. The number of carboxylic acid groups (broad SMARTS) is 1. The third-order valence-corrected chi connectivity index (χ3v) is 4.78. The van der Waals surface area contributed by atoms with Crippen molar-refractivity contribution >= 4 is 22.4 Å². The Labute approximate surface area is 130 Å². The molecule has 6 heteroatoms. The number of thiazole rings is 1. The molecule has 0 aliphatic carbocycles. The molecule has 0 spiro atoms. The monoisotopic (exact) mass is 311 g/mol. The van der Waals surface area contributed by atoms with Crippen LogP contribution in [0, 0.1) is 5.92 Å². The summed E-state index contributed by atoms with van der Waals surface area (Å²) < 4.78 is 0. The summed E-state index contributed by atoms with van der Waals surface area (Å²) in [6, 6.07) is 0. The lowest BCUT2D eigenvalue weighted by atomic mass is 10.2. The first-order valence-corrected chi connectivity index (χ1v) is 8.53. The molecule has 21 heavy (non-hydrogen) atoms. The standard InChI is InChI=1S/C15H25N3O2S/c1-4-5-12-13(14(19)20)21-15(16-12)18-8-6-17(7-9-18)10-11(2)3/h11H,4-10H2,1-3H3,(H,19,20). The highest BCUT2D eigenvalue weighted by molar-refractivity contribution is 7.17. The minimum absolute atomic E-state index is 0.413. The zero-order valence-electron chi connectivity index (χ0n) is 13.1. The lowest BCUT2D eigenvalue weighted by Gasteiger charge is -2.35. The van der Waals surface area contributed by atoms with Gasteiger partial charge in [-0.2, -0.15) is 0 Å². The maximum Gasteiger partial charge on any atom is 0.347 e. The van der Waals surface area contributed by atoms with Crippen molar-refractivity contribution in [1.82, 2.24) is 9.88 Å². The smallest absolute Gasteiger partial charge is 0.347 e. The predicted octanol–water partition coefficient (Wildman–Crippen LogP) is 2.57. The lowest BCUT2D eigenvalue weighted by Crippen LogP contribution is -2.47. The number of carbonyl (C=O) groups is 1. The van der Waals surface area contributed by atoms with Gasteiger partial charge in [0.1, 0.15) is 4.88 Å². The summed E-state index contributed by atoms with van der Waals surface area (Å²) in [5.74, 6) is -0.160. The van der Waals surface area contributed by atoms with Crippen LogP contribution in [-0.4, -0.2) is 53.7 Å². The van der Waals surface area contributed by atoms with E-state index >= 15 is 0 Å². The molecular weight excluding hydrogens is 286 g/mol. The summed E-state index contributed by atoms with van der Waals surface area (Å²) in [5.41, 5.74) is 0.745. The molecule has 5 nitrogen and oxygen atoms in total. The van der Waals surface area contributed by atoms with E-state index in [1.165, 1.54) is 11.3 Å². The Balaban J connectivity index is 2.03. The highest BCUT2D eigenvalue weighted by atomic mass is 32.1. The van der Waals surface area contributed by atoms with E-state index < -0.39 is 5.97 Å². The van der Waals surface area contributed by atoms with Crippen molar-refractivity contribution in [2.24, 2.45) is 5.92 Å². The number of rotatable bonds is 6. The molecule has 1 aliphatic heterocycles. The Morgan fingerprint density at radius 2 is 2.00 bits per heavy atom. The largest absolute Gasteiger partial charge is 0.477 e. The third-order valence-electron chi connectivity index (χ3n) is 3.63. The van der Waals surface area contributed by atoms with Crippen LogP contribution in [-0.2, 0) is 6.42 Å². The van der Waals surface area contributed by atoms with Crippen LogP contribution < -0.4 is 4.90 Å². The molecule has 1 fully saturated rings. The number of hydrogen-bond donors (Lipinski definition) is 1. The molecular formula is C15H25N3O2S. The highest BCUT2D eigenvalue weighted by Crippen LogP contribution is 2.28. The molecule has 0 aromatic carbocycles. The van der Waals surface area contributed by atoms with Crippen LogP contribution in [0.2, 0.25) is 0 Å². The van der Waals surface area contributed by atoms with Gasteiger partial charge >= 0.3 is 5.97 Å². The Morgan fingerprint density at radius 3 is 2.52 bits per heavy atom. The second-order valence-corrected chi connectivity index (χ2v) is 6.99. The van der Waals surface area contributed by atoms with Crippen molar-refractivity contribution in [2.75, 3.05) is 37.6 Å². The van der Waals surface area contributed by atoms with Gasteiger partial charge in [0.25, 0.3) is 0 Å². The van der Waals surface area contributed by atoms with Crippen molar-refractivity contribution in [3.05, 3.63) is 10.6 Å². The number of aryl methyl sites for hydroxylation is 1. The van der Waals surface area contributed by atoms with Crippen molar-refractivity contribution in [3.8, 4) is 0 Å². The van der Waals surface area contributed by atoms with E-state index in [4.69, 9.17) is 0 Å². The van der Waals surface area contributed by atoms with Crippen LogP contribution >= 0.6 is 11.3 Å². The molecule has 0 saturated carbocycles. The predicted molar refractivity (Wildman–Crippen MR) is 86.6 cm³/mol. The van der Waals surface area contributed by atoms with E-state index in [1.807, 2.05) is 0 Å². The average molecular weight is 311 g/mol. The van der Waals surface area contributed by atoms with Gasteiger partial charge in [0.15, 0.2) is 5.13 Å². The maximum atomic E-state index is 11.3. The van der Waals surface area contributed by atoms with Crippen LogP contribution in [0.5, 0.6) is 0 Å². The van der Waals surface area contributed by atoms with Crippen LogP contribution in [0.4, 0.5) is 5.13 Å². The molecule has 1 aliphatic rings. The number of aromatic carboxylic acids is 1. The molecule has 0 amide bonds. The van der Waals surface area contributed by atoms with Crippen LogP contribution in [0.25, 0.3) is 0 Å². The minimum atomic E-state index is -0.847. The summed E-state index contributed by atoms with van der Waals surface area (Å²) in [6.45, 7) is 11.6. The SMILES string of the molecule is CCCc1nc(N2CCN(CC(C)C)CC2)sc1C(=O)O. The first-order chi connectivity index (χ1) is 10.0. The zero-order chi connectivity index (χ0) is 15.4. The second-order valence-electron chi connectivity index (χ2n) is 6.01. The quantitative estimate of drug-likeness (QED) is 0.875. The number of hydrogen-bond acceptors (Lipinski definition) is 5. The van der Waals surface area contributed by atoms with E-state index in [9.17, 15) is 9.90 Å². The molecule has 2 heterocycles. The lowest BCUT2D eigenvalue weighted by molar-refractivity contribution is 0.0700. The summed E-state index contributed by atoms with van der Waals surface area (Å²) in [6.07, 6.45) is 1.66. The van der Waals surface area contributed by atoms with Crippen molar-refractivity contribution in [3.63, 3.8) is 0 Å². The van der Waals surface area contributed by atoms with Gasteiger partial charge in [-0.3, -0.25) is 4.90 Å².